The Hall–Kier alpha value is -2.84. The molecule has 2 aromatic carbocycles. The molecule has 0 amide bonds. The fraction of sp³-hybridized carbons (Fsp3) is 0.286. The third-order valence-electron chi connectivity index (χ3n) is 5.03. The van der Waals surface area contributed by atoms with Crippen molar-refractivity contribution < 1.29 is 9.50 Å². The van der Waals surface area contributed by atoms with Gasteiger partial charge in [0.05, 0.1) is 12.2 Å². The molecule has 6 nitrogen and oxygen atoms in total. The van der Waals surface area contributed by atoms with Crippen molar-refractivity contribution in [2.24, 2.45) is 10.2 Å². The number of benzene rings is 2. The minimum Gasteiger partial charge on any atom is -0.493 e. The van der Waals surface area contributed by atoms with Crippen LogP contribution in [-0.2, 0) is 6.67 Å². The van der Waals surface area contributed by atoms with Crippen molar-refractivity contribution in [3.05, 3.63) is 54.3 Å². The number of halogens is 1. The number of nitrogens with zero attached hydrogens (tertiary/aromatic N) is 4. The van der Waals surface area contributed by atoms with Crippen LogP contribution in [0.1, 0.15) is 19.3 Å². The lowest BCUT2D eigenvalue weighted by atomic mass is 10.1. The van der Waals surface area contributed by atoms with Gasteiger partial charge in [0, 0.05) is 11.1 Å². The Balaban J connectivity index is 1.63. The second-order valence-corrected chi connectivity index (χ2v) is 7.46. The highest BCUT2D eigenvalue weighted by atomic mass is 32.1. The van der Waals surface area contributed by atoms with E-state index in [1.807, 2.05) is 30.3 Å². The van der Waals surface area contributed by atoms with E-state index in [0.717, 1.165) is 31.6 Å². The molecule has 0 saturated carbocycles. The van der Waals surface area contributed by atoms with Crippen LogP contribution >= 0.6 is 12.2 Å². The molecule has 0 atom stereocenters. The second-order valence-electron chi connectivity index (χ2n) is 7.08. The molecule has 2 heterocycles. The van der Waals surface area contributed by atoms with Gasteiger partial charge in [0.1, 0.15) is 5.82 Å². The van der Waals surface area contributed by atoms with E-state index < -0.39 is 5.82 Å². The molecule has 0 radical (unpaired) electrons. The van der Waals surface area contributed by atoms with Crippen LogP contribution in [0, 0.1) is 5.82 Å². The van der Waals surface area contributed by atoms with E-state index in [9.17, 15) is 9.50 Å². The van der Waals surface area contributed by atoms with Gasteiger partial charge in [-0.15, -0.1) is 10.2 Å². The van der Waals surface area contributed by atoms with Crippen LogP contribution in [0.25, 0.3) is 10.9 Å². The Morgan fingerprint density at radius 3 is 2.62 bits per heavy atom. The molecule has 8 heteroatoms. The summed E-state index contributed by atoms with van der Waals surface area (Å²) in [5, 5.41) is 22.6. The predicted molar refractivity (Wildman–Crippen MR) is 116 cm³/mol. The summed E-state index contributed by atoms with van der Waals surface area (Å²) >= 11 is 5.22. The maximum absolute atomic E-state index is 13.9. The summed E-state index contributed by atoms with van der Waals surface area (Å²) in [5.41, 5.74) is 1.72. The first-order chi connectivity index (χ1) is 14.1. The maximum Gasteiger partial charge on any atom is 0.221 e. The molecule has 150 valence electrons. The first-order valence-corrected chi connectivity index (χ1v) is 10.0. The number of anilines is 1. The Kier molecular flexibility index (Phi) is 5.82. The lowest BCUT2D eigenvalue weighted by molar-refractivity contribution is 0.178. The number of nitrogens with one attached hydrogen (secondary N) is 1. The fourth-order valence-corrected chi connectivity index (χ4v) is 3.76. The lowest BCUT2D eigenvalue weighted by Crippen LogP contribution is -2.31. The molecule has 0 aliphatic carbocycles. The van der Waals surface area contributed by atoms with Crippen molar-refractivity contribution in [1.82, 2.24) is 9.47 Å². The van der Waals surface area contributed by atoms with Gasteiger partial charge in [-0.2, -0.15) is 0 Å². The number of aromatic nitrogens is 1. The van der Waals surface area contributed by atoms with Gasteiger partial charge < -0.3 is 10.4 Å². The van der Waals surface area contributed by atoms with Crippen molar-refractivity contribution in [3.8, 4) is 5.88 Å². The van der Waals surface area contributed by atoms with Crippen LogP contribution in [0.3, 0.4) is 0 Å². The predicted octanol–water partition coefficient (Wildman–Crippen LogP) is 5.41. The topological polar surface area (TPSA) is 65.2 Å². The number of rotatable bonds is 4. The molecule has 2 N–H and O–H groups in total. The number of para-hydroxylation sites is 1. The van der Waals surface area contributed by atoms with Crippen LogP contribution in [0.4, 0.5) is 15.8 Å². The molecule has 3 aromatic rings. The van der Waals surface area contributed by atoms with E-state index in [-0.39, 0.29) is 16.7 Å². The highest BCUT2D eigenvalue weighted by molar-refractivity contribution is 7.80. The number of likely N-dealkylation sites (tertiary alicyclic amines) is 1. The highest BCUT2D eigenvalue weighted by Crippen LogP contribution is 2.39. The number of piperidine rings is 1. The standard InChI is InChI=1S/C21H22FN5OS/c22-15-9-10-18-17(13-15)19(20(28)27(18)14-26-11-5-2-6-12-26)24-25-21(29)23-16-7-3-1-4-8-16/h1,3-4,7-10,13,28H,2,5-6,11-12,14H2,(H,23,29). The summed E-state index contributed by atoms with van der Waals surface area (Å²) in [6, 6.07) is 13.8. The average molecular weight is 412 g/mol. The normalized spacial score (nSPS) is 15.2. The smallest absolute Gasteiger partial charge is 0.221 e. The van der Waals surface area contributed by atoms with Crippen LogP contribution in [0.15, 0.2) is 58.8 Å². The summed E-state index contributed by atoms with van der Waals surface area (Å²) in [7, 11) is 0. The van der Waals surface area contributed by atoms with E-state index >= 15 is 0 Å². The van der Waals surface area contributed by atoms with E-state index in [1.54, 1.807) is 10.6 Å². The van der Waals surface area contributed by atoms with Gasteiger partial charge in [-0.05, 0) is 68.5 Å². The minimum atomic E-state index is -0.394. The summed E-state index contributed by atoms with van der Waals surface area (Å²) in [6.45, 7) is 2.47. The Morgan fingerprint density at radius 2 is 1.86 bits per heavy atom. The third-order valence-corrected chi connectivity index (χ3v) is 5.21. The van der Waals surface area contributed by atoms with Crippen LogP contribution in [0.2, 0.25) is 0 Å². The Labute approximate surface area is 173 Å². The van der Waals surface area contributed by atoms with Gasteiger partial charge >= 0.3 is 0 Å². The van der Waals surface area contributed by atoms with Crippen molar-refractivity contribution in [2.75, 3.05) is 18.4 Å². The first-order valence-electron chi connectivity index (χ1n) is 9.62. The van der Waals surface area contributed by atoms with Gasteiger partial charge in [0.15, 0.2) is 5.69 Å². The summed E-state index contributed by atoms with van der Waals surface area (Å²) in [4.78, 5) is 2.27. The van der Waals surface area contributed by atoms with E-state index in [2.05, 4.69) is 20.4 Å². The molecule has 0 spiro atoms. The SMILES string of the molecule is Oc1c(N=NC(=S)Nc2ccccc2)c2cc(F)ccc2n1CN1CCCCC1. The lowest BCUT2D eigenvalue weighted by Gasteiger charge is -2.27. The van der Waals surface area contributed by atoms with E-state index in [1.165, 1.54) is 18.6 Å². The summed E-state index contributed by atoms with van der Waals surface area (Å²) < 4.78 is 15.6. The van der Waals surface area contributed by atoms with E-state index in [0.29, 0.717) is 17.6 Å². The zero-order valence-electron chi connectivity index (χ0n) is 15.9. The van der Waals surface area contributed by atoms with Gasteiger partial charge in [0.2, 0.25) is 11.0 Å². The maximum atomic E-state index is 13.9. The Bertz CT molecular complexity index is 1040. The third kappa shape index (κ3) is 4.44. The second kappa shape index (κ2) is 8.67. The van der Waals surface area contributed by atoms with Crippen molar-refractivity contribution in [2.45, 2.75) is 25.9 Å². The molecule has 1 saturated heterocycles. The summed E-state index contributed by atoms with van der Waals surface area (Å²) in [5.74, 6) is -0.434. The number of hydrogen-bond acceptors (Lipinski definition) is 4. The Morgan fingerprint density at radius 1 is 1.10 bits per heavy atom. The zero-order chi connectivity index (χ0) is 20.2. The van der Waals surface area contributed by atoms with Gasteiger partial charge in [0.25, 0.3) is 0 Å². The van der Waals surface area contributed by atoms with Crippen LogP contribution in [-0.4, -0.2) is 32.8 Å². The zero-order valence-corrected chi connectivity index (χ0v) is 16.7. The first kappa shape index (κ1) is 19.5. The minimum absolute atomic E-state index is 0.0394. The number of thiocarbonyl (C=S) groups is 1. The molecule has 1 aliphatic rings. The molecular formula is C21H22FN5OS. The van der Waals surface area contributed by atoms with Crippen molar-refractivity contribution in [3.63, 3.8) is 0 Å². The molecule has 29 heavy (non-hydrogen) atoms. The number of aromatic hydroxyl groups is 1. The molecule has 4 rings (SSSR count). The van der Waals surface area contributed by atoms with Gasteiger partial charge in [-0.3, -0.25) is 9.47 Å². The summed E-state index contributed by atoms with van der Waals surface area (Å²) in [6.07, 6.45) is 3.51. The molecule has 1 aliphatic heterocycles. The molecule has 0 bridgehead atoms. The van der Waals surface area contributed by atoms with Gasteiger partial charge in [-0.25, -0.2) is 4.39 Å². The largest absolute Gasteiger partial charge is 0.493 e. The number of hydrogen-bond donors (Lipinski definition) is 2. The molecule has 1 fully saturated rings. The van der Waals surface area contributed by atoms with Gasteiger partial charge in [-0.1, -0.05) is 24.6 Å². The quantitative estimate of drug-likeness (QED) is 0.445. The monoisotopic (exact) mass is 411 g/mol. The van der Waals surface area contributed by atoms with Crippen LogP contribution < -0.4 is 5.32 Å². The van der Waals surface area contributed by atoms with Crippen molar-refractivity contribution in [1.29, 1.82) is 0 Å². The highest BCUT2D eigenvalue weighted by Gasteiger charge is 2.20. The molecule has 1 aromatic heterocycles. The van der Waals surface area contributed by atoms with Crippen LogP contribution in [0.5, 0.6) is 5.88 Å². The van der Waals surface area contributed by atoms with Crippen molar-refractivity contribution >= 4 is 39.6 Å². The number of fused-ring (bicyclic) bond motifs is 1. The fourth-order valence-electron chi connectivity index (χ4n) is 3.60. The number of azo groups is 1. The van der Waals surface area contributed by atoms with E-state index in [4.69, 9.17) is 12.2 Å². The molecular weight excluding hydrogens is 389 g/mol. The molecule has 0 unspecified atom stereocenters. The average Bonchev–Trinajstić information content (AvgIpc) is 2.98.